The van der Waals surface area contributed by atoms with Crippen molar-refractivity contribution in [3.05, 3.63) is 0 Å². The molecule has 3 rings (SSSR count). The predicted molar refractivity (Wildman–Crippen MR) is 53.2 cm³/mol. The predicted octanol–water partition coefficient (Wildman–Crippen LogP) is 4.15. The fraction of sp³-hybridized carbons (Fsp3) is 1.00. The van der Waals surface area contributed by atoms with Gasteiger partial charge in [-0.3, -0.25) is 0 Å². The maximum absolute atomic E-state index is 2.39. The molecule has 0 unspecified atom stereocenters. The molecular weight excluding hydrogens is 144 g/mol. The molecule has 3 saturated carbocycles. The first-order valence-electron chi connectivity index (χ1n) is 5.74. The van der Waals surface area contributed by atoms with E-state index in [1.165, 1.54) is 32.1 Å². The van der Waals surface area contributed by atoms with Crippen LogP contribution in [0.3, 0.4) is 0 Å². The number of hydrogen-bond donors (Lipinski definition) is 0. The van der Waals surface area contributed by atoms with Crippen LogP contribution in [0.1, 0.15) is 65.2 Å². The molecule has 0 saturated heterocycles. The van der Waals surface area contributed by atoms with Crippen LogP contribution in [0.4, 0.5) is 0 Å². The summed E-state index contributed by atoms with van der Waals surface area (Å²) in [4.78, 5) is 0. The van der Waals surface area contributed by atoms with E-state index >= 15 is 0 Å². The van der Waals surface area contributed by atoms with E-state index in [2.05, 4.69) is 13.8 Å². The Kier molecular flexibility index (Phi) is 1.97. The van der Waals surface area contributed by atoms with Gasteiger partial charge in [-0.1, -0.05) is 33.1 Å². The molecule has 0 N–H and O–H groups in total. The lowest BCUT2D eigenvalue weighted by atomic mass is 9.44. The monoisotopic (exact) mass is 166 g/mol. The highest BCUT2D eigenvalue weighted by atomic mass is 14.6. The van der Waals surface area contributed by atoms with E-state index in [0.717, 1.165) is 10.8 Å². The summed E-state index contributed by atoms with van der Waals surface area (Å²) in [5.74, 6) is 0. The van der Waals surface area contributed by atoms with Crippen LogP contribution in [-0.4, -0.2) is 0 Å². The summed E-state index contributed by atoms with van der Waals surface area (Å²) in [7, 11) is 0. The average Bonchev–Trinajstić information content (AvgIpc) is 2.04. The molecule has 0 aromatic rings. The van der Waals surface area contributed by atoms with Crippen molar-refractivity contribution in [2.45, 2.75) is 65.2 Å². The van der Waals surface area contributed by atoms with E-state index in [1.807, 2.05) is 0 Å². The Bertz CT molecular complexity index is 159. The summed E-state index contributed by atoms with van der Waals surface area (Å²) in [5, 5.41) is 0. The normalized spacial score (nSPS) is 45.5. The zero-order valence-corrected chi connectivity index (χ0v) is 8.66. The molecule has 70 valence electrons. The molecule has 0 heterocycles. The second-order valence-corrected chi connectivity index (χ2v) is 5.31. The van der Waals surface area contributed by atoms with E-state index in [0.29, 0.717) is 0 Å². The van der Waals surface area contributed by atoms with Gasteiger partial charge in [-0.05, 0) is 42.9 Å². The summed E-state index contributed by atoms with van der Waals surface area (Å²) in [6.45, 7) is 4.73. The van der Waals surface area contributed by atoms with Gasteiger partial charge in [-0.2, -0.15) is 0 Å². The molecule has 12 heavy (non-hydrogen) atoms. The molecule has 0 spiro atoms. The molecule has 2 bridgehead atoms. The van der Waals surface area contributed by atoms with Crippen LogP contribution >= 0.6 is 0 Å². The Labute approximate surface area is 76.7 Å². The maximum atomic E-state index is 2.39. The second-order valence-electron chi connectivity index (χ2n) is 5.31. The molecule has 3 aliphatic rings. The van der Waals surface area contributed by atoms with Gasteiger partial charge in [0, 0.05) is 0 Å². The van der Waals surface area contributed by atoms with E-state index in [4.69, 9.17) is 0 Å². The Morgan fingerprint density at radius 3 is 2.25 bits per heavy atom. The first kappa shape index (κ1) is 8.59. The van der Waals surface area contributed by atoms with Gasteiger partial charge in [-0.15, -0.1) is 0 Å². The van der Waals surface area contributed by atoms with Crippen molar-refractivity contribution in [2.75, 3.05) is 0 Å². The van der Waals surface area contributed by atoms with Crippen molar-refractivity contribution in [1.29, 1.82) is 0 Å². The van der Waals surface area contributed by atoms with Crippen LogP contribution in [0.15, 0.2) is 0 Å². The summed E-state index contributed by atoms with van der Waals surface area (Å²) in [6, 6.07) is 0. The van der Waals surface area contributed by atoms with Gasteiger partial charge in [-0.25, -0.2) is 0 Å². The first-order valence-corrected chi connectivity index (χ1v) is 5.74. The fourth-order valence-electron chi connectivity index (χ4n) is 3.99. The van der Waals surface area contributed by atoms with Gasteiger partial charge < -0.3 is 0 Å². The van der Waals surface area contributed by atoms with Gasteiger partial charge in [0.25, 0.3) is 0 Å². The quantitative estimate of drug-likeness (QED) is 0.591. The van der Waals surface area contributed by atoms with E-state index in [1.54, 1.807) is 19.3 Å². The summed E-state index contributed by atoms with van der Waals surface area (Å²) in [5.41, 5.74) is 1.66. The Balaban J connectivity index is 1.99. The molecule has 3 aliphatic carbocycles. The van der Waals surface area contributed by atoms with Crippen molar-refractivity contribution < 1.29 is 0 Å². The van der Waals surface area contributed by atoms with Gasteiger partial charge >= 0.3 is 0 Å². The molecule has 0 aromatic heterocycles. The number of hydrogen-bond acceptors (Lipinski definition) is 0. The van der Waals surface area contributed by atoms with E-state index in [9.17, 15) is 0 Å². The molecule has 0 aromatic carbocycles. The molecule has 0 heteroatoms. The third kappa shape index (κ3) is 1.11. The molecule has 0 atom stereocenters. The zero-order chi connectivity index (χ0) is 8.66. The standard InChI is InChI=1S/C12H22/c1-3-6-12-8-5-7-11(4-2,9-12)10-12/h3-10H2,1-2H3. The Morgan fingerprint density at radius 1 is 1.00 bits per heavy atom. The molecular formula is C12H22. The van der Waals surface area contributed by atoms with Crippen LogP contribution < -0.4 is 0 Å². The van der Waals surface area contributed by atoms with Crippen molar-refractivity contribution in [3.63, 3.8) is 0 Å². The van der Waals surface area contributed by atoms with Gasteiger partial charge in [0.2, 0.25) is 0 Å². The third-order valence-corrected chi connectivity index (χ3v) is 4.44. The highest BCUT2D eigenvalue weighted by Gasteiger charge is 2.54. The minimum atomic E-state index is 0.827. The Morgan fingerprint density at radius 2 is 1.67 bits per heavy atom. The van der Waals surface area contributed by atoms with Crippen LogP contribution in [0.5, 0.6) is 0 Å². The van der Waals surface area contributed by atoms with Gasteiger partial charge in [0.05, 0.1) is 0 Å². The number of fused-ring (bicyclic) bond motifs is 2. The SMILES string of the molecule is CCCC12CCCC(CC)(C1)C2. The topological polar surface area (TPSA) is 0 Å². The zero-order valence-electron chi connectivity index (χ0n) is 8.66. The largest absolute Gasteiger partial charge is 0.0654 e. The van der Waals surface area contributed by atoms with Gasteiger partial charge in [0.1, 0.15) is 0 Å². The summed E-state index contributed by atoms with van der Waals surface area (Å²) >= 11 is 0. The summed E-state index contributed by atoms with van der Waals surface area (Å²) < 4.78 is 0. The average molecular weight is 166 g/mol. The molecule has 0 aliphatic heterocycles. The highest BCUT2D eigenvalue weighted by Crippen LogP contribution is 2.66. The molecule has 0 amide bonds. The van der Waals surface area contributed by atoms with Crippen molar-refractivity contribution in [2.24, 2.45) is 10.8 Å². The van der Waals surface area contributed by atoms with Crippen LogP contribution in [0.2, 0.25) is 0 Å². The van der Waals surface area contributed by atoms with E-state index < -0.39 is 0 Å². The van der Waals surface area contributed by atoms with Crippen LogP contribution in [0.25, 0.3) is 0 Å². The lowest BCUT2D eigenvalue weighted by Crippen LogP contribution is -2.49. The van der Waals surface area contributed by atoms with E-state index in [-0.39, 0.29) is 0 Å². The van der Waals surface area contributed by atoms with Gasteiger partial charge in [0.15, 0.2) is 0 Å². The van der Waals surface area contributed by atoms with Crippen molar-refractivity contribution >= 4 is 0 Å². The lowest BCUT2D eigenvalue weighted by molar-refractivity contribution is -0.101. The molecule has 0 nitrogen and oxygen atoms in total. The third-order valence-electron chi connectivity index (χ3n) is 4.44. The molecule has 0 radical (unpaired) electrons. The lowest BCUT2D eigenvalue weighted by Gasteiger charge is -2.61. The Hall–Kier alpha value is 0. The molecule has 3 fully saturated rings. The smallest absolute Gasteiger partial charge is 0.0287 e. The van der Waals surface area contributed by atoms with Crippen LogP contribution in [-0.2, 0) is 0 Å². The number of rotatable bonds is 3. The summed E-state index contributed by atoms with van der Waals surface area (Å²) in [6.07, 6.45) is 12.1. The maximum Gasteiger partial charge on any atom is -0.0287 e. The van der Waals surface area contributed by atoms with Crippen molar-refractivity contribution in [1.82, 2.24) is 0 Å². The first-order chi connectivity index (χ1) is 5.74. The van der Waals surface area contributed by atoms with Crippen LogP contribution in [0, 0.1) is 10.8 Å². The second kappa shape index (κ2) is 2.75. The minimum absolute atomic E-state index is 0.827. The van der Waals surface area contributed by atoms with Crippen molar-refractivity contribution in [3.8, 4) is 0 Å². The minimum Gasteiger partial charge on any atom is -0.0654 e. The fourth-order valence-corrected chi connectivity index (χ4v) is 3.99. The highest BCUT2D eigenvalue weighted by molar-refractivity contribution is 5.05.